The fraction of sp³-hybridized carbons (Fsp3) is 0. The van der Waals surface area contributed by atoms with Crippen molar-refractivity contribution in [2.45, 2.75) is 0 Å². The van der Waals surface area contributed by atoms with Gasteiger partial charge in [0.05, 0.1) is 27.4 Å². The minimum Gasteiger partial charge on any atom is -0.456 e. The molecule has 0 atom stereocenters. The molecule has 33 heavy (non-hydrogen) atoms. The lowest BCUT2D eigenvalue weighted by Crippen LogP contribution is -1.90. The number of para-hydroxylation sites is 1. The smallest absolute Gasteiger partial charge is 0.136 e. The number of hydrogen-bond donors (Lipinski definition) is 0. The highest BCUT2D eigenvalue weighted by Crippen LogP contribution is 2.44. The van der Waals surface area contributed by atoms with Crippen LogP contribution in [0.3, 0.4) is 0 Å². The maximum Gasteiger partial charge on any atom is 0.136 e. The first-order valence-electron chi connectivity index (χ1n) is 19.7. The van der Waals surface area contributed by atoms with Crippen LogP contribution in [0.15, 0.2) is 125 Å². The molecular formula is C32H20O. The summed E-state index contributed by atoms with van der Waals surface area (Å²) in [6, 6.07) is -16.1. The number of hydrogen-bond acceptors (Lipinski definition) is 1. The highest BCUT2D eigenvalue weighted by atomic mass is 16.3. The molecule has 154 valence electrons. The van der Waals surface area contributed by atoms with E-state index >= 15 is 0 Å². The predicted molar refractivity (Wildman–Crippen MR) is 140 cm³/mol. The van der Waals surface area contributed by atoms with Gasteiger partial charge in [-0.15, -0.1) is 0 Å². The van der Waals surface area contributed by atoms with E-state index in [9.17, 15) is 2.74 Å². The number of rotatable bonds is 2. The van der Waals surface area contributed by atoms with Crippen LogP contribution in [0.25, 0.3) is 65.7 Å². The van der Waals surface area contributed by atoms with E-state index in [-0.39, 0.29) is 10.8 Å². The van der Waals surface area contributed by atoms with Crippen LogP contribution in [0.1, 0.15) is 27.4 Å². The summed E-state index contributed by atoms with van der Waals surface area (Å²) in [5.41, 5.74) is -3.38. The van der Waals surface area contributed by atoms with E-state index in [0.717, 1.165) is 0 Å². The van der Waals surface area contributed by atoms with E-state index in [1.54, 1.807) is 0 Å². The minimum absolute atomic E-state index is 0.306. The Morgan fingerprint density at radius 1 is 0.394 bits per heavy atom. The van der Waals surface area contributed by atoms with Gasteiger partial charge in [-0.1, -0.05) is 103 Å². The molecule has 0 spiro atoms. The van der Waals surface area contributed by atoms with Gasteiger partial charge in [-0.05, 0) is 61.9 Å². The van der Waals surface area contributed by atoms with Crippen LogP contribution in [-0.4, -0.2) is 0 Å². The standard InChI is InChI=1S/C32H20O/c1-2-10-21(11-3-1)31-25-13-4-6-15-27(25)32(28-16-7-5-14-26(28)31)22-18-19-24-23-12-8-9-17-29(23)33-30(24)20-22/h1-20H/i1D,2D,3D,4D,5D,6D,7D,8D,9D,10D,11D,12D,13D,14D,15D,16D,17D,18D,19D,20D. The molecule has 1 heteroatoms. The number of fused-ring (bicyclic) bond motifs is 5. The molecule has 6 aromatic carbocycles. The van der Waals surface area contributed by atoms with Crippen molar-refractivity contribution in [2.24, 2.45) is 0 Å². The van der Waals surface area contributed by atoms with E-state index in [1.807, 2.05) is 0 Å². The maximum atomic E-state index is 9.32. The predicted octanol–water partition coefficient (Wildman–Crippen LogP) is 9.23. The van der Waals surface area contributed by atoms with E-state index in [4.69, 9.17) is 29.1 Å². The summed E-state index contributed by atoms with van der Waals surface area (Å²) in [4.78, 5) is 0. The van der Waals surface area contributed by atoms with E-state index in [1.165, 1.54) is 0 Å². The zero-order chi connectivity index (χ0) is 39.2. The van der Waals surface area contributed by atoms with Crippen LogP contribution in [0, 0.1) is 0 Å². The lowest BCUT2D eigenvalue weighted by atomic mass is 9.86. The fourth-order valence-electron chi connectivity index (χ4n) is 3.92. The third-order valence-corrected chi connectivity index (χ3v) is 5.26. The molecular weight excluding hydrogens is 400 g/mol. The minimum atomic E-state index is -0.867. The van der Waals surface area contributed by atoms with Crippen LogP contribution >= 0.6 is 0 Å². The highest BCUT2D eigenvalue weighted by Gasteiger charge is 2.17. The van der Waals surface area contributed by atoms with E-state index < -0.39 is 176 Å². The molecule has 0 radical (unpaired) electrons. The molecule has 1 aromatic heterocycles. The molecule has 0 fully saturated rings. The quantitative estimate of drug-likeness (QED) is 0.244. The van der Waals surface area contributed by atoms with Crippen LogP contribution in [-0.2, 0) is 0 Å². The molecule has 0 saturated heterocycles. The van der Waals surface area contributed by atoms with E-state index in [0.29, 0.717) is 0 Å². The number of benzene rings is 6. The van der Waals surface area contributed by atoms with Gasteiger partial charge in [0.1, 0.15) is 11.2 Å². The van der Waals surface area contributed by atoms with Crippen LogP contribution < -0.4 is 0 Å². The monoisotopic (exact) mass is 440 g/mol. The molecule has 1 nitrogen and oxygen atoms in total. The molecule has 0 unspecified atom stereocenters. The lowest BCUT2D eigenvalue weighted by Gasteiger charge is -2.17. The molecule has 0 N–H and O–H groups in total. The zero-order valence-electron chi connectivity index (χ0n) is 36.4. The number of furan rings is 1. The molecule has 0 amide bonds. The highest BCUT2D eigenvalue weighted by molar-refractivity contribution is 6.22. The van der Waals surface area contributed by atoms with Crippen molar-refractivity contribution in [3.63, 3.8) is 0 Å². The summed E-state index contributed by atoms with van der Waals surface area (Å²) in [6.45, 7) is 0. The Labute approximate surface area is 219 Å². The largest absolute Gasteiger partial charge is 0.456 e. The lowest BCUT2D eigenvalue weighted by molar-refractivity contribution is 0.669. The molecule has 7 aromatic rings. The molecule has 0 aliphatic rings. The Bertz CT molecular complexity index is 2780. The first kappa shape index (κ1) is 7.33. The summed E-state index contributed by atoms with van der Waals surface area (Å²) in [7, 11) is 0. The van der Waals surface area contributed by atoms with Crippen molar-refractivity contribution in [2.75, 3.05) is 0 Å². The summed E-state index contributed by atoms with van der Waals surface area (Å²) in [5, 5.41) is -2.94. The third kappa shape index (κ3) is 2.73. The Kier molecular flexibility index (Phi) is 1.57. The Morgan fingerprint density at radius 2 is 0.879 bits per heavy atom. The van der Waals surface area contributed by atoms with Crippen LogP contribution in [0.4, 0.5) is 0 Å². The van der Waals surface area contributed by atoms with Gasteiger partial charge in [-0.25, -0.2) is 0 Å². The van der Waals surface area contributed by atoms with Gasteiger partial charge in [0.15, 0.2) is 0 Å². The Hall–Kier alpha value is -4.36. The molecule has 1 heterocycles. The van der Waals surface area contributed by atoms with Gasteiger partial charge in [0.2, 0.25) is 0 Å². The summed E-state index contributed by atoms with van der Waals surface area (Å²) in [5.74, 6) is 0. The molecule has 0 aliphatic heterocycles. The van der Waals surface area contributed by atoms with Gasteiger partial charge < -0.3 is 4.42 Å². The van der Waals surface area contributed by atoms with Gasteiger partial charge in [0, 0.05) is 10.8 Å². The average Bonchev–Trinajstić information content (AvgIpc) is 3.54. The maximum absolute atomic E-state index is 9.32. The van der Waals surface area contributed by atoms with Gasteiger partial charge in [0.25, 0.3) is 0 Å². The second-order valence-corrected chi connectivity index (χ2v) is 7.01. The molecule has 7 rings (SSSR count). The van der Waals surface area contributed by atoms with Crippen molar-refractivity contribution in [1.82, 2.24) is 0 Å². The van der Waals surface area contributed by atoms with Crippen molar-refractivity contribution < 1.29 is 31.8 Å². The first-order chi connectivity index (χ1) is 24.7. The van der Waals surface area contributed by atoms with Crippen LogP contribution in [0.5, 0.6) is 0 Å². The first-order valence-corrected chi connectivity index (χ1v) is 9.66. The second-order valence-electron chi connectivity index (χ2n) is 7.01. The Morgan fingerprint density at radius 3 is 1.52 bits per heavy atom. The van der Waals surface area contributed by atoms with Crippen molar-refractivity contribution in [3.05, 3.63) is 121 Å². The Balaban J connectivity index is 1.88. The molecule has 0 saturated carbocycles. The molecule has 0 bridgehead atoms. The van der Waals surface area contributed by atoms with E-state index in [2.05, 4.69) is 0 Å². The van der Waals surface area contributed by atoms with Crippen LogP contribution in [0.2, 0.25) is 0 Å². The summed E-state index contributed by atoms with van der Waals surface area (Å²) < 4.78 is 179. The fourth-order valence-corrected chi connectivity index (χ4v) is 3.92. The van der Waals surface area contributed by atoms with Crippen molar-refractivity contribution >= 4 is 43.5 Å². The third-order valence-electron chi connectivity index (χ3n) is 5.26. The summed E-state index contributed by atoms with van der Waals surface area (Å²) >= 11 is 0. The van der Waals surface area contributed by atoms with Crippen molar-refractivity contribution in [3.8, 4) is 22.3 Å². The second kappa shape index (κ2) is 7.08. The normalized spacial score (nSPS) is 20.1. The van der Waals surface area contributed by atoms with Gasteiger partial charge in [-0.3, -0.25) is 0 Å². The summed E-state index contributed by atoms with van der Waals surface area (Å²) in [6.07, 6.45) is 0. The molecule has 0 aliphatic carbocycles. The average molecular weight is 441 g/mol. The SMILES string of the molecule is [2H]c1c([2H])c([2H])c(-c2c3c([2H])c([2H])c([2H])c([2H])c3c(-c3c([2H])c([2H])c4c(oc5c([2H])c([2H])c([2H])c([2H])c54)c3[2H])c3c([2H])c([2H])c([2H])c([2H])c23)c([2H])c1[2H]. The van der Waals surface area contributed by atoms with Gasteiger partial charge >= 0.3 is 0 Å². The van der Waals surface area contributed by atoms with Crippen molar-refractivity contribution in [1.29, 1.82) is 0 Å². The van der Waals surface area contributed by atoms with Gasteiger partial charge in [-0.2, -0.15) is 0 Å². The zero-order valence-corrected chi connectivity index (χ0v) is 16.4. The topological polar surface area (TPSA) is 13.1 Å².